The van der Waals surface area contributed by atoms with Crippen LogP contribution in [0.4, 0.5) is 6.01 Å². The van der Waals surface area contributed by atoms with E-state index < -0.39 is 0 Å². The summed E-state index contributed by atoms with van der Waals surface area (Å²) < 4.78 is 10.8. The first-order valence-corrected chi connectivity index (χ1v) is 8.88. The van der Waals surface area contributed by atoms with Crippen molar-refractivity contribution in [3.8, 4) is 5.75 Å². The monoisotopic (exact) mass is 355 g/mol. The van der Waals surface area contributed by atoms with E-state index in [0.717, 1.165) is 5.56 Å². The van der Waals surface area contributed by atoms with Crippen molar-refractivity contribution < 1.29 is 13.9 Å². The molecule has 3 aromatic rings. The zero-order valence-electron chi connectivity index (χ0n) is 13.6. The van der Waals surface area contributed by atoms with Gasteiger partial charge in [0.2, 0.25) is 5.89 Å². The van der Waals surface area contributed by atoms with Crippen LogP contribution in [0.25, 0.3) is 0 Å². The van der Waals surface area contributed by atoms with Crippen LogP contribution < -0.4 is 10.1 Å². The summed E-state index contributed by atoms with van der Waals surface area (Å²) in [5.74, 6) is 0.706. The van der Waals surface area contributed by atoms with Crippen LogP contribution in [0.5, 0.6) is 5.75 Å². The molecule has 0 fully saturated rings. The Kier molecular flexibility index (Phi) is 5.69. The lowest BCUT2D eigenvalue weighted by Gasteiger charge is -2.04. The van der Waals surface area contributed by atoms with Gasteiger partial charge >= 0.3 is 6.01 Å². The molecule has 0 aliphatic heterocycles. The van der Waals surface area contributed by atoms with Crippen molar-refractivity contribution in [1.82, 2.24) is 10.2 Å². The molecule has 2 aromatic carbocycles. The number of thioether (sulfide) groups is 1. The van der Waals surface area contributed by atoms with Crippen LogP contribution in [-0.2, 0) is 11.2 Å². The van der Waals surface area contributed by atoms with Gasteiger partial charge in [0.05, 0.1) is 6.42 Å². The fourth-order valence-corrected chi connectivity index (χ4v) is 2.52. The highest BCUT2D eigenvalue weighted by atomic mass is 32.2. The Balaban J connectivity index is 1.51. The Morgan fingerprint density at radius 2 is 1.88 bits per heavy atom. The van der Waals surface area contributed by atoms with Crippen LogP contribution >= 0.6 is 11.8 Å². The maximum absolute atomic E-state index is 11.9. The van der Waals surface area contributed by atoms with E-state index in [1.165, 1.54) is 4.90 Å². The van der Waals surface area contributed by atoms with Crippen LogP contribution in [0.2, 0.25) is 0 Å². The molecule has 7 heteroatoms. The maximum Gasteiger partial charge on any atom is 0.322 e. The lowest BCUT2D eigenvalue weighted by Crippen LogP contribution is -2.20. The molecule has 25 heavy (non-hydrogen) atoms. The van der Waals surface area contributed by atoms with Crippen LogP contribution in [0.15, 0.2) is 63.9 Å². The van der Waals surface area contributed by atoms with Crippen molar-refractivity contribution in [1.29, 1.82) is 0 Å². The largest absolute Gasteiger partial charge is 0.484 e. The van der Waals surface area contributed by atoms with E-state index in [9.17, 15) is 4.79 Å². The molecule has 0 unspecified atom stereocenters. The third kappa shape index (κ3) is 5.09. The molecule has 0 saturated carbocycles. The molecule has 0 bridgehead atoms. The molecule has 1 N–H and O–H groups in total. The van der Waals surface area contributed by atoms with E-state index in [1.807, 2.05) is 48.7 Å². The highest BCUT2D eigenvalue weighted by Crippen LogP contribution is 2.17. The number of amides is 1. The number of ether oxygens (including phenoxy) is 1. The lowest BCUT2D eigenvalue weighted by molar-refractivity contribution is -0.118. The second kappa shape index (κ2) is 8.34. The zero-order chi connectivity index (χ0) is 17.5. The van der Waals surface area contributed by atoms with Crippen molar-refractivity contribution in [2.75, 3.05) is 18.2 Å². The topological polar surface area (TPSA) is 77.2 Å². The summed E-state index contributed by atoms with van der Waals surface area (Å²) in [6.07, 6.45) is 2.54. The number of para-hydroxylation sites is 1. The third-order valence-corrected chi connectivity index (χ3v) is 4.08. The van der Waals surface area contributed by atoms with Crippen molar-refractivity contribution >= 4 is 23.7 Å². The molecule has 1 aromatic heterocycles. The van der Waals surface area contributed by atoms with Gasteiger partial charge in [-0.15, -0.1) is 16.9 Å². The minimum Gasteiger partial charge on any atom is -0.484 e. The smallest absolute Gasteiger partial charge is 0.322 e. The molecule has 128 valence electrons. The normalized spacial score (nSPS) is 10.4. The van der Waals surface area contributed by atoms with Crippen molar-refractivity contribution in [2.45, 2.75) is 11.3 Å². The van der Waals surface area contributed by atoms with E-state index in [-0.39, 0.29) is 18.5 Å². The van der Waals surface area contributed by atoms with Crippen LogP contribution in [0.3, 0.4) is 0 Å². The molecule has 0 aliphatic carbocycles. The van der Waals surface area contributed by atoms with Crippen molar-refractivity contribution in [2.24, 2.45) is 0 Å². The van der Waals surface area contributed by atoms with E-state index in [0.29, 0.717) is 18.1 Å². The van der Waals surface area contributed by atoms with Gasteiger partial charge in [0, 0.05) is 4.90 Å². The third-order valence-electron chi connectivity index (χ3n) is 3.34. The van der Waals surface area contributed by atoms with E-state index in [1.54, 1.807) is 23.9 Å². The van der Waals surface area contributed by atoms with Crippen LogP contribution in [0, 0.1) is 0 Å². The summed E-state index contributed by atoms with van der Waals surface area (Å²) >= 11 is 1.69. The highest BCUT2D eigenvalue weighted by Gasteiger charge is 2.11. The number of nitrogens with zero attached hydrogens (tertiary/aromatic N) is 2. The quantitative estimate of drug-likeness (QED) is 0.655. The highest BCUT2D eigenvalue weighted by molar-refractivity contribution is 7.98. The number of hydrogen-bond acceptors (Lipinski definition) is 6. The van der Waals surface area contributed by atoms with Gasteiger partial charge in [0.1, 0.15) is 5.75 Å². The molecule has 0 radical (unpaired) electrons. The number of carbonyl (C=O) groups is 1. The number of anilines is 1. The van der Waals surface area contributed by atoms with Gasteiger partial charge in [0.15, 0.2) is 6.61 Å². The summed E-state index contributed by atoms with van der Waals surface area (Å²) in [4.78, 5) is 13.1. The number of aromatic nitrogens is 2. The molecule has 1 amide bonds. The molecular formula is C18H17N3O3S. The van der Waals surface area contributed by atoms with Gasteiger partial charge in [0.25, 0.3) is 5.91 Å². The summed E-state index contributed by atoms with van der Waals surface area (Å²) in [5.41, 5.74) is 1.06. The molecular weight excluding hydrogens is 338 g/mol. The lowest BCUT2D eigenvalue weighted by atomic mass is 10.1. The minimum absolute atomic E-state index is 0.0670. The Labute approximate surface area is 149 Å². The average molecular weight is 355 g/mol. The van der Waals surface area contributed by atoms with E-state index >= 15 is 0 Å². The number of carbonyl (C=O) groups excluding carboxylic acids is 1. The second-order valence-electron chi connectivity index (χ2n) is 5.18. The Morgan fingerprint density at radius 3 is 2.60 bits per heavy atom. The fourth-order valence-electron chi connectivity index (χ4n) is 2.11. The molecule has 6 nitrogen and oxygen atoms in total. The van der Waals surface area contributed by atoms with Crippen LogP contribution in [-0.4, -0.2) is 29.0 Å². The summed E-state index contributed by atoms with van der Waals surface area (Å²) in [6, 6.07) is 17.3. The molecule has 0 spiro atoms. The molecule has 3 rings (SSSR count). The molecule has 0 aliphatic rings. The number of rotatable bonds is 7. The first-order valence-electron chi connectivity index (χ1n) is 7.66. The van der Waals surface area contributed by atoms with E-state index in [4.69, 9.17) is 9.15 Å². The van der Waals surface area contributed by atoms with Gasteiger partial charge < -0.3 is 9.15 Å². The van der Waals surface area contributed by atoms with Gasteiger partial charge in [-0.1, -0.05) is 35.4 Å². The Morgan fingerprint density at radius 1 is 1.12 bits per heavy atom. The Bertz CT molecular complexity index is 819. The van der Waals surface area contributed by atoms with Crippen LogP contribution in [0.1, 0.15) is 11.5 Å². The van der Waals surface area contributed by atoms with Crippen molar-refractivity contribution in [3.63, 3.8) is 0 Å². The molecule has 0 atom stereocenters. The summed E-state index contributed by atoms with van der Waals surface area (Å²) in [6.45, 7) is -0.127. The summed E-state index contributed by atoms with van der Waals surface area (Å²) in [5, 5.41) is 10.3. The van der Waals surface area contributed by atoms with E-state index in [2.05, 4.69) is 15.5 Å². The predicted octanol–water partition coefficient (Wildman–Crippen LogP) is 3.40. The van der Waals surface area contributed by atoms with Gasteiger partial charge in [-0.3, -0.25) is 10.1 Å². The summed E-state index contributed by atoms with van der Waals surface area (Å²) in [7, 11) is 0. The van der Waals surface area contributed by atoms with Crippen molar-refractivity contribution in [3.05, 3.63) is 66.1 Å². The number of nitrogens with one attached hydrogen (secondary N) is 1. The van der Waals surface area contributed by atoms with Gasteiger partial charge in [-0.05, 0) is 36.1 Å². The van der Waals surface area contributed by atoms with Gasteiger partial charge in [-0.2, -0.15) is 0 Å². The standard InChI is InChI=1S/C18H17N3O3S/c1-25-15-9-7-13(8-10-15)11-17-20-21-18(24-17)19-16(22)12-23-14-5-3-2-4-6-14/h2-10H,11-12H2,1H3,(H,19,21,22). The molecule has 1 heterocycles. The maximum atomic E-state index is 11.9. The minimum atomic E-state index is -0.358. The fraction of sp³-hybridized carbons (Fsp3) is 0.167. The number of hydrogen-bond donors (Lipinski definition) is 1. The SMILES string of the molecule is CSc1ccc(Cc2nnc(NC(=O)COc3ccccc3)o2)cc1. The first-order chi connectivity index (χ1) is 12.2. The van der Waals surface area contributed by atoms with Gasteiger partial charge in [-0.25, -0.2) is 0 Å². The first kappa shape index (κ1) is 17.0. The number of benzene rings is 2. The predicted molar refractivity (Wildman–Crippen MR) is 95.9 cm³/mol. The molecule has 0 saturated heterocycles. The Hall–Kier alpha value is -2.80. The second-order valence-corrected chi connectivity index (χ2v) is 6.06. The zero-order valence-corrected chi connectivity index (χ0v) is 14.5. The average Bonchev–Trinajstić information content (AvgIpc) is 3.08.